The molecule has 1 saturated carbocycles. The normalized spacial score (nSPS) is 23.1. The Hall–Kier alpha value is -1.26. The molecule has 5 nitrogen and oxygen atoms in total. The highest BCUT2D eigenvalue weighted by Crippen LogP contribution is 2.23. The predicted octanol–water partition coefficient (Wildman–Crippen LogP) is -0.372. The Kier molecular flexibility index (Phi) is 2.79. The van der Waals surface area contributed by atoms with Crippen molar-refractivity contribution in [2.45, 2.75) is 25.8 Å². The molecule has 0 radical (unpaired) electrons. The van der Waals surface area contributed by atoms with Crippen LogP contribution in [-0.2, 0) is 4.79 Å². The average Bonchev–Trinajstić information content (AvgIpc) is 3.02. The molecule has 1 aliphatic carbocycles. The van der Waals surface area contributed by atoms with Gasteiger partial charge in [0.15, 0.2) is 5.96 Å². The maximum Gasteiger partial charge on any atom is 0.219 e. The Morgan fingerprint density at radius 2 is 1.73 bits per heavy atom. The molecule has 0 atom stereocenters. The van der Waals surface area contributed by atoms with Crippen LogP contribution in [0.1, 0.15) is 19.8 Å². The van der Waals surface area contributed by atoms with Gasteiger partial charge in [0.1, 0.15) is 0 Å². The first kappa shape index (κ1) is 10.3. The quantitative estimate of drug-likeness (QED) is 0.474. The van der Waals surface area contributed by atoms with E-state index in [2.05, 4.69) is 9.89 Å². The lowest BCUT2D eigenvalue weighted by atomic mass is 10.3. The number of hydrogen-bond acceptors (Lipinski definition) is 2. The van der Waals surface area contributed by atoms with Crippen molar-refractivity contribution in [2.24, 2.45) is 10.7 Å². The molecule has 5 heteroatoms. The largest absolute Gasteiger partial charge is 0.370 e. The third kappa shape index (κ3) is 2.61. The van der Waals surface area contributed by atoms with Crippen LogP contribution >= 0.6 is 0 Å². The summed E-state index contributed by atoms with van der Waals surface area (Å²) < 4.78 is 0. The predicted molar refractivity (Wildman–Crippen MR) is 58.5 cm³/mol. The van der Waals surface area contributed by atoms with Crippen molar-refractivity contribution >= 4 is 11.9 Å². The zero-order chi connectivity index (χ0) is 10.8. The molecule has 15 heavy (non-hydrogen) atoms. The molecule has 84 valence electrons. The maximum absolute atomic E-state index is 11.1. The topological polar surface area (TPSA) is 61.9 Å². The lowest BCUT2D eigenvalue weighted by Gasteiger charge is -2.34. The fourth-order valence-corrected chi connectivity index (χ4v) is 1.72. The Morgan fingerprint density at radius 3 is 2.20 bits per heavy atom. The summed E-state index contributed by atoms with van der Waals surface area (Å²) >= 11 is 0. The van der Waals surface area contributed by atoms with Crippen molar-refractivity contribution < 1.29 is 4.79 Å². The van der Waals surface area contributed by atoms with Gasteiger partial charge in [-0.1, -0.05) is 0 Å². The molecule has 2 aliphatic rings. The summed E-state index contributed by atoms with van der Waals surface area (Å²) in [4.78, 5) is 19.4. The monoisotopic (exact) mass is 210 g/mol. The smallest absolute Gasteiger partial charge is 0.219 e. The van der Waals surface area contributed by atoms with Gasteiger partial charge in [-0.2, -0.15) is 0 Å². The van der Waals surface area contributed by atoms with Crippen LogP contribution in [0.3, 0.4) is 0 Å². The average molecular weight is 210 g/mol. The van der Waals surface area contributed by atoms with E-state index in [-0.39, 0.29) is 5.91 Å². The molecular weight excluding hydrogens is 192 g/mol. The van der Waals surface area contributed by atoms with Crippen molar-refractivity contribution in [3.8, 4) is 0 Å². The number of nitrogens with zero attached hydrogens (tertiary/aromatic N) is 3. The summed E-state index contributed by atoms with van der Waals surface area (Å²) in [5.74, 6) is 0.799. The molecule has 0 unspecified atom stereocenters. The van der Waals surface area contributed by atoms with Gasteiger partial charge in [-0.15, -0.1) is 0 Å². The number of nitrogens with two attached hydrogens (primary N) is 1. The van der Waals surface area contributed by atoms with Gasteiger partial charge >= 0.3 is 0 Å². The summed E-state index contributed by atoms with van der Waals surface area (Å²) in [6, 6.07) is 0.468. The van der Waals surface area contributed by atoms with E-state index in [1.165, 1.54) is 12.8 Å². The van der Waals surface area contributed by atoms with Crippen LogP contribution in [0.4, 0.5) is 0 Å². The Labute approximate surface area is 89.9 Å². The lowest BCUT2D eigenvalue weighted by molar-refractivity contribution is -0.130. The second-order valence-electron chi connectivity index (χ2n) is 4.21. The Bertz CT molecular complexity index is 277. The van der Waals surface area contributed by atoms with Gasteiger partial charge in [-0.3, -0.25) is 4.79 Å². The van der Waals surface area contributed by atoms with Crippen molar-refractivity contribution in [3.63, 3.8) is 0 Å². The van der Waals surface area contributed by atoms with E-state index in [9.17, 15) is 4.79 Å². The van der Waals surface area contributed by atoms with Crippen molar-refractivity contribution in [1.29, 1.82) is 0 Å². The lowest BCUT2D eigenvalue weighted by Crippen LogP contribution is -2.52. The minimum absolute atomic E-state index is 0.146. The zero-order valence-corrected chi connectivity index (χ0v) is 9.15. The minimum Gasteiger partial charge on any atom is -0.370 e. The molecular formula is C10H18N4O. The van der Waals surface area contributed by atoms with E-state index in [1.54, 1.807) is 6.92 Å². The summed E-state index contributed by atoms with van der Waals surface area (Å²) in [6.07, 6.45) is 2.35. The van der Waals surface area contributed by atoms with E-state index in [4.69, 9.17) is 5.73 Å². The van der Waals surface area contributed by atoms with Crippen LogP contribution in [0.25, 0.3) is 0 Å². The van der Waals surface area contributed by atoms with Gasteiger partial charge < -0.3 is 15.5 Å². The van der Waals surface area contributed by atoms with Crippen LogP contribution in [0.15, 0.2) is 4.99 Å². The number of guanidine groups is 1. The zero-order valence-electron chi connectivity index (χ0n) is 9.15. The van der Waals surface area contributed by atoms with Crippen molar-refractivity contribution in [1.82, 2.24) is 9.80 Å². The van der Waals surface area contributed by atoms with Crippen molar-refractivity contribution in [2.75, 3.05) is 26.2 Å². The minimum atomic E-state index is 0.146. The van der Waals surface area contributed by atoms with Gasteiger partial charge in [-0.25, -0.2) is 4.99 Å². The highest BCUT2D eigenvalue weighted by atomic mass is 16.2. The number of piperazine rings is 1. The molecule has 2 fully saturated rings. The first-order valence-corrected chi connectivity index (χ1v) is 5.50. The molecule has 1 saturated heterocycles. The first-order valence-electron chi connectivity index (χ1n) is 5.50. The number of amides is 1. The van der Waals surface area contributed by atoms with E-state index in [0.717, 1.165) is 26.2 Å². The first-order chi connectivity index (χ1) is 7.16. The molecule has 1 amide bonds. The van der Waals surface area contributed by atoms with E-state index in [1.807, 2.05) is 4.90 Å². The highest BCUT2D eigenvalue weighted by molar-refractivity contribution is 5.79. The molecule has 0 spiro atoms. The van der Waals surface area contributed by atoms with Crippen LogP contribution in [-0.4, -0.2) is 53.9 Å². The second-order valence-corrected chi connectivity index (χ2v) is 4.21. The van der Waals surface area contributed by atoms with E-state index in [0.29, 0.717) is 12.0 Å². The standard InChI is InChI=1S/C10H18N4O/c1-8(15)13-4-6-14(7-5-13)10(11)12-9-2-3-9/h9H,2-7H2,1H3,(H2,11,12). The highest BCUT2D eigenvalue weighted by Gasteiger charge is 2.24. The van der Waals surface area contributed by atoms with Gasteiger partial charge in [0.25, 0.3) is 0 Å². The van der Waals surface area contributed by atoms with Crippen LogP contribution in [0, 0.1) is 0 Å². The summed E-state index contributed by atoms with van der Waals surface area (Å²) in [6.45, 7) is 4.74. The van der Waals surface area contributed by atoms with Gasteiger partial charge in [0.05, 0.1) is 6.04 Å². The number of hydrogen-bond donors (Lipinski definition) is 1. The third-order valence-electron chi connectivity index (χ3n) is 2.91. The molecule has 2 rings (SSSR count). The van der Waals surface area contributed by atoms with Crippen LogP contribution in [0.5, 0.6) is 0 Å². The Balaban J connectivity index is 1.84. The molecule has 0 aromatic rings. The van der Waals surface area contributed by atoms with E-state index < -0.39 is 0 Å². The molecule has 0 bridgehead atoms. The maximum atomic E-state index is 11.1. The molecule has 0 aromatic heterocycles. The molecule has 1 aliphatic heterocycles. The summed E-state index contributed by atoms with van der Waals surface area (Å²) in [5.41, 5.74) is 5.88. The van der Waals surface area contributed by atoms with Crippen LogP contribution < -0.4 is 5.73 Å². The van der Waals surface area contributed by atoms with E-state index >= 15 is 0 Å². The SMILES string of the molecule is CC(=O)N1CCN(C(N)=NC2CC2)CC1. The molecule has 1 heterocycles. The van der Waals surface area contributed by atoms with Crippen molar-refractivity contribution in [3.05, 3.63) is 0 Å². The summed E-state index contributed by atoms with van der Waals surface area (Å²) in [7, 11) is 0. The van der Waals surface area contributed by atoms with Gasteiger partial charge in [0.2, 0.25) is 5.91 Å². The Morgan fingerprint density at radius 1 is 1.20 bits per heavy atom. The molecule has 0 aromatic carbocycles. The number of rotatable bonds is 1. The number of aliphatic imine (C=N–C) groups is 1. The summed E-state index contributed by atoms with van der Waals surface area (Å²) in [5, 5.41) is 0. The van der Waals surface area contributed by atoms with Crippen LogP contribution in [0.2, 0.25) is 0 Å². The van der Waals surface area contributed by atoms with Gasteiger partial charge in [0, 0.05) is 33.1 Å². The number of carbonyl (C=O) groups excluding carboxylic acids is 1. The third-order valence-corrected chi connectivity index (χ3v) is 2.91. The van der Waals surface area contributed by atoms with Gasteiger partial charge in [-0.05, 0) is 12.8 Å². The fourth-order valence-electron chi connectivity index (χ4n) is 1.72. The fraction of sp³-hybridized carbons (Fsp3) is 0.800. The molecule has 2 N–H and O–H groups in total. The second kappa shape index (κ2) is 4.08. The number of carbonyl (C=O) groups is 1.